The average Bonchev–Trinajstić information content (AvgIpc) is 2.34. The molecule has 0 radical (unpaired) electrons. The van der Waals surface area contributed by atoms with E-state index in [1.54, 1.807) is 0 Å². The molecule has 96 valence electrons. The van der Waals surface area contributed by atoms with Crippen LogP contribution in [0.2, 0.25) is 0 Å². The van der Waals surface area contributed by atoms with E-state index in [1.165, 1.54) is 5.56 Å². The van der Waals surface area contributed by atoms with Gasteiger partial charge in [0.2, 0.25) is 0 Å². The van der Waals surface area contributed by atoms with Crippen LogP contribution in [0.1, 0.15) is 43.4 Å². The summed E-state index contributed by atoms with van der Waals surface area (Å²) in [4.78, 5) is 0. The smallest absolute Gasteiger partial charge is 0.0914 e. The molecule has 4 N–H and O–H groups in total. The first-order chi connectivity index (χ1) is 8.15. The van der Waals surface area contributed by atoms with Gasteiger partial charge in [0.25, 0.3) is 0 Å². The molecule has 0 fully saturated rings. The summed E-state index contributed by atoms with van der Waals surface area (Å²) in [6.45, 7) is 6.46. The van der Waals surface area contributed by atoms with E-state index in [-0.39, 0.29) is 0 Å². The number of hydrogen-bond donors (Lipinski definition) is 3. The van der Waals surface area contributed by atoms with Gasteiger partial charge in [0.1, 0.15) is 0 Å². The Morgan fingerprint density at radius 1 is 1.18 bits per heavy atom. The minimum absolute atomic E-state index is 0.436. The first-order valence-corrected chi connectivity index (χ1v) is 6.34. The largest absolute Gasteiger partial charge is 0.387 e. The molecule has 0 amide bonds. The Hall–Kier alpha value is -0.900. The summed E-state index contributed by atoms with van der Waals surface area (Å²) in [7, 11) is 0. The van der Waals surface area contributed by atoms with Crippen LogP contribution >= 0.6 is 0 Å². The van der Waals surface area contributed by atoms with E-state index in [4.69, 9.17) is 5.73 Å². The molecule has 0 bridgehead atoms. The molecule has 0 aliphatic rings. The zero-order chi connectivity index (χ0) is 12.7. The Morgan fingerprint density at radius 3 is 2.29 bits per heavy atom. The first-order valence-electron chi connectivity index (χ1n) is 6.34. The molecule has 1 rings (SSSR count). The van der Waals surface area contributed by atoms with Gasteiger partial charge in [-0.2, -0.15) is 0 Å². The third-order valence-electron chi connectivity index (χ3n) is 2.88. The molecule has 3 nitrogen and oxygen atoms in total. The molecule has 0 saturated heterocycles. The third kappa shape index (κ3) is 4.86. The summed E-state index contributed by atoms with van der Waals surface area (Å²) in [5, 5.41) is 13.1. The summed E-state index contributed by atoms with van der Waals surface area (Å²) in [5.74, 6) is 0.531. The zero-order valence-corrected chi connectivity index (χ0v) is 10.8. The maximum absolute atomic E-state index is 9.96. The lowest BCUT2D eigenvalue weighted by atomic mass is 10.00. The monoisotopic (exact) mass is 236 g/mol. The van der Waals surface area contributed by atoms with Gasteiger partial charge in [-0.15, -0.1) is 0 Å². The van der Waals surface area contributed by atoms with E-state index in [0.29, 0.717) is 19.0 Å². The van der Waals surface area contributed by atoms with Gasteiger partial charge in [0, 0.05) is 6.54 Å². The standard InChI is InChI=1S/C14H24N2O/c1-11(2)12-4-6-13(7-5-12)14(17)10-16-9-3-8-15/h4-7,11,14,16-17H,3,8-10,15H2,1-2H3. The van der Waals surface area contributed by atoms with Crippen molar-refractivity contribution in [3.63, 3.8) is 0 Å². The number of rotatable bonds is 7. The number of hydrogen-bond acceptors (Lipinski definition) is 3. The number of nitrogens with two attached hydrogens (primary N) is 1. The van der Waals surface area contributed by atoms with Crippen LogP contribution in [0.25, 0.3) is 0 Å². The van der Waals surface area contributed by atoms with Crippen LogP contribution in [-0.2, 0) is 0 Å². The second-order valence-corrected chi connectivity index (χ2v) is 4.68. The summed E-state index contributed by atoms with van der Waals surface area (Å²) in [6, 6.07) is 8.18. The lowest BCUT2D eigenvalue weighted by Gasteiger charge is -2.13. The summed E-state index contributed by atoms with van der Waals surface area (Å²) in [6.07, 6.45) is 0.507. The fourth-order valence-corrected chi connectivity index (χ4v) is 1.69. The van der Waals surface area contributed by atoms with E-state index in [9.17, 15) is 5.11 Å². The van der Waals surface area contributed by atoms with E-state index in [2.05, 4.69) is 31.3 Å². The molecule has 1 aromatic carbocycles. The average molecular weight is 236 g/mol. The maximum Gasteiger partial charge on any atom is 0.0914 e. The molecule has 0 saturated carbocycles. The predicted octanol–water partition coefficient (Wildman–Crippen LogP) is 1.78. The molecule has 0 aromatic heterocycles. The van der Waals surface area contributed by atoms with Crippen LogP contribution in [0, 0.1) is 0 Å². The molecule has 1 aromatic rings. The fourth-order valence-electron chi connectivity index (χ4n) is 1.69. The van der Waals surface area contributed by atoms with Crippen molar-refractivity contribution < 1.29 is 5.11 Å². The minimum Gasteiger partial charge on any atom is -0.387 e. The van der Waals surface area contributed by atoms with E-state index >= 15 is 0 Å². The van der Waals surface area contributed by atoms with Gasteiger partial charge >= 0.3 is 0 Å². The third-order valence-corrected chi connectivity index (χ3v) is 2.88. The number of aliphatic hydroxyl groups is 1. The Bertz CT molecular complexity index is 309. The molecule has 17 heavy (non-hydrogen) atoms. The van der Waals surface area contributed by atoms with Gasteiger partial charge in [-0.25, -0.2) is 0 Å². The van der Waals surface area contributed by atoms with Crippen molar-refractivity contribution in [3.05, 3.63) is 35.4 Å². The number of aliphatic hydroxyl groups excluding tert-OH is 1. The zero-order valence-electron chi connectivity index (χ0n) is 10.8. The highest BCUT2D eigenvalue weighted by Crippen LogP contribution is 2.18. The molecule has 1 atom stereocenters. The topological polar surface area (TPSA) is 58.3 Å². The second-order valence-electron chi connectivity index (χ2n) is 4.68. The minimum atomic E-state index is -0.436. The lowest BCUT2D eigenvalue weighted by Crippen LogP contribution is -2.24. The Kier molecular flexibility index (Phi) is 6.19. The Balaban J connectivity index is 2.43. The first kappa shape index (κ1) is 14.2. The quantitative estimate of drug-likeness (QED) is 0.633. The van der Waals surface area contributed by atoms with Crippen molar-refractivity contribution in [1.82, 2.24) is 5.32 Å². The van der Waals surface area contributed by atoms with Gasteiger partial charge < -0.3 is 16.2 Å². The van der Waals surface area contributed by atoms with Gasteiger partial charge in [0.15, 0.2) is 0 Å². The van der Waals surface area contributed by atoms with Crippen molar-refractivity contribution in [2.24, 2.45) is 5.73 Å². The second kappa shape index (κ2) is 7.43. The van der Waals surface area contributed by atoms with Crippen LogP contribution in [0.5, 0.6) is 0 Å². The van der Waals surface area contributed by atoms with E-state index in [0.717, 1.165) is 18.5 Å². The van der Waals surface area contributed by atoms with Crippen molar-refractivity contribution >= 4 is 0 Å². The van der Waals surface area contributed by atoms with E-state index < -0.39 is 6.10 Å². The van der Waals surface area contributed by atoms with Crippen LogP contribution in [0.3, 0.4) is 0 Å². The van der Waals surface area contributed by atoms with Crippen molar-refractivity contribution in [2.45, 2.75) is 32.3 Å². The highest BCUT2D eigenvalue weighted by Gasteiger charge is 2.07. The van der Waals surface area contributed by atoms with E-state index in [1.807, 2.05) is 12.1 Å². The van der Waals surface area contributed by atoms with Crippen molar-refractivity contribution in [1.29, 1.82) is 0 Å². The Morgan fingerprint density at radius 2 is 1.76 bits per heavy atom. The van der Waals surface area contributed by atoms with Crippen LogP contribution in [-0.4, -0.2) is 24.7 Å². The predicted molar refractivity (Wildman–Crippen MR) is 72.0 cm³/mol. The number of nitrogens with one attached hydrogen (secondary N) is 1. The maximum atomic E-state index is 9.96. The normalized spacial score (nSPS) is 13.0. The molecule has 0 heterocycles. The fraction of sp³-hybridized carbons (Fsp3) is 0.571. The highest BCUT2D eigenvalue weighted by molar-refractivity contribution is 5.26. The van der Waals surface area contributed by atoms with Crippen molar-refractivity contribution in [3.8, 4) is 0 Å². The number of benzene rings is 1. The molecular formula is C14H24N2O. The van der Waals surface area contributed by atoms with Gasteiger partial charge in [-0.05, 0) is 36.6 Å². The molecule has 0 aliphatic heterocycles. The highest BCUT2D eigenvalue weighted by atomic mass is 16.3. The lowest BCUT2D eigenvalue weighted by molar-refractivity contribution is 0.175. The molecule has 3 heteroatoms. The molecular weight excluding hydrogens is 212 g/mol. The van der Waals surface area contributed by atoms with Crippen LogP contribution in [0.15, 0.2) is 24.3 Å². The SMILES string of the molecule is CC(C)c1ccc(C(O)CNCCCN)cc1. The van der Waals surface area contributed by atoms with Gasteiger partial charge in [-0.3, -0.25) is 0 Å². The molecule has 0 spiro atoms. The summed E-state index contributed by atoms with van der Waals surface area (Å²) < 4.78 is 0. The summed E-state index contributed by atoms with van der Waals surface area (Å²) in [5.41, 5.74) is 7.67. The van der Waals surface area contributed by atoms with Crippen molar-refractivity contribution in [2.75, 3.05) is 19.6 Å². The van der Waals surface area contributed by atoms with Gasteiger partial charge in [0.05, 0.1) is 6.10 Å². The summed E-state index contributed by atoms with van der Waals surface area (Å²) >= 11 is 0. The van der Waals surface area contributed by atoms with Gasteiger partial charge in [-0.1, -0.05) is 38.1 Å². The molecule has 0 aliphatic carbocycles. The molecule has 1 unspecified atom stereocenters. The van der Waals surface area contributed by atoms with Crippen LogP contribution in [0.4, 0.5) is 0 Å². The van der Waals surface area contributed by atoms with Crippen LogP contribution < -0.4 is 11.1 Å². The Labute approximate surface area is 104 Å².